The molecule has 0 aliphatic carbocycles. The van der Waals surface area contributed by atoms with Gasteiger partial charge in [0.2, 0.25) is 0 Å². The molecule has 71 valence electrons. The van der Waals surface area contributed by atoms with Crippen LogP contribution < -0.4 is 0 Å². The number of hydrogen-bond donors (Lipinski definition) is 0. The summed E-state index contributed by atoms with van der Waals surface area (Å²) in [5.74, 6) is 0. The highest BCUT2D eigenvalue weighted by atomic mass is 16.5. The molecule has 0 aromatic heterocycles. The third-order valence-corrected chi connectivity index (χ3v) is 1.68. The Morgan fingerprint density at radius 3 is 2.50 bits per heavy atom. The Labute approximate surface area is 76.8 Å². The lowest BCUT2D eigenvalue weighted by atomic mass is 10.1. The number of ether oxygens (including phenoxy) is 1. The van der Waals surface area contributed by atoms with E-state index < -0.39 is 0 Å². The summed E-state index contributed by atoms with van der Waals surface area (Å²) in [5, 5.41) is 0. The molecular weight excluding hydrogens is 148 g/mol. The molecule has 0 saturated heterocycles. The van der Waals surface area contributed by atoms with Crippen molar-refractivity contribution < 1.29 is 4.74 Å². The molecule has 1 nitrogen and oxygen atoms in total. The molecule has 0 rings (SSSR count). The Morgan fingerprint density at radius 2 is 1.92 bits per heavy atom. The van der Waals surface area contributed by atoms with Crippen LogP contribution in [0.5, 0.6) is 0 Å². The van der Waals surface area contributed by atoms with Gasteiger partial charge >= 0.3 is 0 Å². The number of rotatable bonds is 8. The van der Waals surface area contributed by atoms with Gasteiger partial charge < -0.3 is 4.74 Å². The SMILES string of the molecule is [CH2]CCOCCCCCC(=C)C. The largest absolute Gasteiger partial charge is 0.381 e. The fraction of sp³-hybridized carbons (Fsp3) is 0.727. The molecule has 0 heterocycles. The highest BCUT2D eigenvalue weighted by Gasteiger charge is 1.90. The summed E-state index contributed by atoms with van der Waals surface area (Å²) in [6, 6.07) is 0. The van der Waals surface area contributed by atoms with Crippen molar-refractivity contribution in [1.29, 1.82) is 0 Å². The molecule has 0 atom stereocenters. The second-order valence-corrected chi connectivity index (χ2v) is 3.23. The predicted octanol–water partition coefficient (Wildman–Crippen LogP) is 3.36. The van der Waals surface area contributed by atoms with Crippen LogP contribution in [0.15, 0.2) is 12.2 Å². The monoisotopic (exact) mass is 169 g/mol. The second-order valence-electron chi connectivity index (χ2n) is 3.23. The summed E-state index contributed by atoms with van der Waals surface area (Å²) in [5.41, 5.74) is 1.29. The van der Waals surface area contributed by atoms with E-state index >= 15 is 0 Å². The fourth-order valence-corrected chi connectivity index (χ4v) is 1.01. The van der Waals surface area contributed by atoms with Crippen molar-refractivity contribution >= 4 is 0 Å². The van der Waals surface area contributed by atoms with Gasteiger partial charge in [-0.05, 0) is 32.6 Å². The van der Waals surface area contributed by atoms with Gasteiger partial charge in [-0.15, -0.1) is 6.58 Å². The molecular formula is C11H21O. The van der Waals surface area contributed by atoms with Gasteiger partial charge in [0.15, 0.2) is 0 Å². The van der Waals surface area contributed by atoms with E-state index in [2.05, 4.69) is 20.4 Å². The van der Waals surface area contributed by atoms with Gasteiger partial charge in [-0.25, -0.2) is 0 Å². The smallest absolute Gasteiger partial charge is 0.0466 e. The number of hydrogen-bond acceptors (Lipinski definition) is 1. The topological polar surface area (TPSA) is 9.23 Å². The van der Waals surface area contributed by atoms with Crippen molar-refractivity contribution in [1.82, 2.24) is 0 Å². The Bertz CT molecular complexity index is 108. The molecule has 1 heteroatoms. The average Bonchev–Trinajstić information content (AvgIpc) is 2.02. The van der Waals surface area contributed by atoms with E-state index in [1.807, 2.05) is 0 Å². The Balaban J connectivity index is 2.86. The van der Waals surface area contributed by atoms with Crippen LogP contribution in [0, 0.1) is 6.92 Å². The van der Waals surface area contributed by atoms with Crippen LogP contribution in [0.2, 0.25) is 0 Å². The van der Waals surface area contributed by atoms with Gasteiger partial charge in [-0.1, -0.05) is 18.9 Å². The van der Waals surface area contributed by atoms with E-state index in [-0.39, 0.29) is 0 Å². The van der Waals surface area contributed by atoms with Crippen molar-refractivity contribution in [3.05, 3.63) is 19.1 Å². The first-order valence-electron chi connectivity index (χ1n) is 4.78. The summed E-state index contributed by atoms with van der Waals surface area (Å²) < 4.78 is 5.30. The van der Waals surface area contributed by atoms with Gasteiger partial charge in [0, 0.05) is 13.2 Å². The molecule has 1 radical (unpaired) electrons. The zero-order valence-electron chi connectivity index (χ0n) is 8.27. The maximum atomic E-state index is 5.30. The highest BCUT2D eigenvalue weighted by Crippen LogP contribution is 2.05. The predicted molar refractivity (Wildman–Crippen MR) is 54.1 cm³/mol. The van der Waals surface area contributed by atoms with Crippen molar-refractivity contribution in [2.24, 2.45) is 0 Å². The van der Waals surface area contributed by atoms with Crippen LogP contribution in [0.1, 0.15) is 39.0 Å². The van der Waals surface area contributed by atoms with Gasteiger partial charge in [-0.3, -0.25) is 0 Å². The maximum Gasteiger partial charge on any atom is 0.0466 e. The number of unbranched alkanes of at least 4 members (excludes halogenated alkanes) is 2. The van der Waals surface area contributed by atoms with E-state index in [0.29, 0.717) is 0 Å². The van der Waals surface area contributed by atoms with Crippen LogP contribution in [-0.2, 0) is 4.74 Å². The van der Waals surface area contributed by atoms with E-state index in [4.69, 9.17) is 4.74 Å². The quantitative estimate of drug-likeness (QED) is 0.400. The van der Waals surface area contributed by atoms with Gasteiger partial charge in [0.25, 0.3) is 0 Å². The molecule has 0 N–H and O–H groups in total. The van der Waals surface area contributed by atoms with Crippen LogP contribution in [0.25, 0.3) is 0 Å². The minimum absolute atomic E-state index is 0.806. The second kappa shape index (κ2) is 8.79. The van der Waals surface area contributed by atoms with Gasteiger partial charge in [0.05, 0.1) is 0 Å². The summed E-state index contributed by atoms with van der Waals surface area (Å²) in [6.45, 7) is 11.4. The fourth-order valence-electron chi connectivity index (χ4n) is 1.01. The Hall–Kier alpha value is -0.300. The van der Waals surface area contributed by atoms with Crippen molar-refractivity contribution in [2.75, 3.05) is 13.2 Å². The minimum atomic E-state index is 0.806. The summed E-state index contributed by atoms with van der Waals surface area (Å²) in [7, 11) is 0. The first-order chi connectivity index (χ1) is 5.77. The van der Waals surface area contributed by atoms with E-state index in [1.54, 1.807) is 0 Å². The third-order valence-electron chi connectivity index (χ3n) is 1.68. The highest BCUT2D eigenvalue weighted by molar-refractivity contribution is 4.86. The van der Waals surface area contributed by atoms with Crippen molar-refractivity contribution in [2.45, 2.75) is 39.0 Å². The molecule has 0 aliphatic heterocycles. The molecule has 0 aromatic carbocycles. The normalized spacial score (nSPS) is 10.2. The molecule has 0 bridgehead atoms. The molecule has 0 unspecified atom stereocenters. The van der Waals surface area contributed by atoms with Crippen LogP contribution in [-0.4, -0.2) is 13.2 Å². The first kappa shape index (κ1) is 11.7. The molecule has 0 spiro atoms. The van der Waals surface area contributed by atoms with Crippen LogP contribution >= 0.6 is 0 Å². The Morgan fingerprint density at radius 1 is 1.17 bits per heavy atom. The van der Waals surface area contributed by atoms with Crippen molar-refractivity contribution in [3.8, 4) is 0 Å². The molecule has 0 fully saturated rings. The number of allylic oxidation sites excluding steroid dienone is 1. The zero-order valence-corrected chi connectivity index (χ0v) is 8.27. The average molecular weight is 169 g/mol. The van der Waals surface area contributed by atoms with Crippen LogP contribution in [0.3, 0.4) is 0 Å². The van der Waals surface area contributed by atoms with E-state index in [0.717, 1.165) is 26.1 Å². The molecule has 0 saturated carbocycles. The molecule has 0 aromatic rings. The van der Waals surface area contributed by atoms with E-state index in [1.165, 1.54) is 24.8 Å². The lowest BCUT2D eigenvalue weighted by Gasteiger charge is -2.02. The Kier molecular flexibility index (Phi) is 8.57. The standard InChI is InChI=1S/C11H21O/c1-4-9-12-10-7-5-6-8-11(2)3/h1-2,4-10H2,3H3. The first-order valence-corrected chi connectivity index (χ1v) is 4.78. The van der Waals surface area contributed by atoms with Gasteiger partial charge in [0.1, 0.15) is 0 Å². The summed E-state index contributed by atoms with van der Waals surface area (Å²) in [4.78, 5) is 0. The summed E-state index contributed by atoms with van der Waals surface area (Å²) in [6.07, 6.45) is 5.72. The van der Waals surface area contributed by atoms with Gasteiger partial charge in [-0.2, -0.15) is 0 Å². The lowest BCUT2D eigenvalue weighted by Crippen LogP contribution is -1.95. The molecule has 0 aliphatic rings. The third kappa shape index (κ3) is 9.70. The van der Waals surface area contributed by atoms with E-state index in [9.17, 15) is 0 Å². The summed E-state index contributed by atoms with van der Waals surface area (Å²) >= 11 is 0. The zero-order chi connectivity index (χ0) is 9.23. The van der Waals surface area contributed by atoms with Crippen molar-refractivity contribution in [3.63, 3.8) is 0 Å². The van der Waals surface area contributed by atoms with Crippen LogP contribution in [0.4, 0.5) is 0 Å². The minimum Gasteiger partial charge on any atom is -0.381 e. The maximum absolute atomic E-state index is 5.30. The lowest BCUT2D eigenvalue weighted by molar-refractivity contribution is 0.134. The molecule has 0 amide bonds. The molecule has 12 heavy (non-hydrogen) atoms.